The quantitative estimate of drug-likeness (QED) is 0.916. The summed E-state index contributed by atoms with van der Waals surface area (Å²) in [7, 11) is 0. The fourth-order valence-corrected chi connectivity index (χ4v) is 1.62. The molecule has 2 aromatic rings. The molecule has 2 N–H and O–H groups in total. The van der Waals surface area contributed by atoms with Gasteiger partial charge in [0.1, 0.15) is 11.8 Å². The number of ether oxygens (including phenoxy) is 1. The Kier molecular flexibility index (Phi) is 3.48. The molecule has 0 fully saturated rings. The average Bonchev–Trinajstić information content (AvgIpc) is 2.36. The van der Waals surface area contributed by atoms with Gasteiger partial charge in [-0.2, -0.15) is 5.26 Å². The van der Waals surface area contributed by atoms with E-state index in [1.807, 2.05) is 6.07 Å². The second-order valence-electron chi connectivity index (χ2n) is 3.85. The summed E-state index contributed by atoms with van der Waals surface area (Å²) in [5, 5.41) is 8.70. The molecule has 7 heteroatoms. The number of hydrogen-bond acceptors (Lipinski definition) is 4. The molecule has 4 nitrogen and oxygen atoms in total. The summed E-state index contributed by atoms with van der Waals surface area (Å²) >= 11 is 0. The number of pyridine rings is 1. The van der Waals surface area contributed by atoms with E-state index in [0.29, 0.717) is 5.56 Å². The number of nitriles is 1. The number of nitrogen functional groups attached to an aromatic ring is 1. The molecule has 1 aromatic heterocycles. The third-order valence-corrected chi connectivity index (χ3v) is 2.39. The Balaban J connectivity index is 2.39. The van der Waals surface area contributed by atoms with Crippen LogP contribution < -0.4 is 10.5 Å². The molecule has 0 radical (unpaired) electrons. The van der Waals surface area contributed by atoms with Crippen LogP contribution in [0.4, 0.5) is 18.9 Å². The lowest BCUT2D eigenvalue weighted by Gasteiger charge is -2.10. The molecule has 0 saturated heterocycles. The van der Waals surface area contributed by atoms with Crippen LogP contribution in [0.2, 0.25) is 0 Å². The van der Waals surface area contributed by atoms with Crippen molar-refractivity contribution < 1.29 is 17.9 Å². The Labute approximate surface area is 112 Å². The van der Waals surface area contributed by atoms with Crippen molar-refractivity contribution in [2.24, 2.45) is 0 Å². The van der Waals surface area contributed by atoms with Crippen LogP contribution in [0, 0.1) is 11.3 Å². The van der Waals surface area contributed by atoms with Crippen LogP contribution in [-0.2, 0) is 0 Å². The van der Waals surface area contributed by atoms with Crippen molar-refractivity contribution >= 4 is 5.69 Å². The normalized spacial score (nSPS) is 10.9. The summed E-state index contributed by atoms with van der Waals surface area (Å²) in [6, 6.07) is 8.58. The summed E-state index contributed by atoms with van der Waals surface area (Å²) < 4.78 is 40.3. The SMILES string of the molecule is N#Cc1cnc(-c2cccc(OC(F)(F)F)c2)c(N)c1. The topological polar surface area (TPSA) is 71.9 Å². The first-order valence-corrected chi connectivity index (χ1v) is 5.41. The molecule has 0 aliphatic carbocycles. The van der Waals surface area contributed by atoms with Gasteiger partial charge in [0.05, 0.1) is 16.9 Å². The third-order valence-electron chi connectivity index (χ3n) is 2.39. The van der Waals surface area contributed by atoms with Crippen LogP contribution >= 0.6 is 0 Å². The second kappa shape index (κ2) is 5.09. The van der Waals surface area contributed by atoms with Gasteiger partial charge in [-0.05, 0) is 18.2 Å². The van der Waals surface area contributed by atoms with E-state index in [9.17, 15) is 13.2 Å². The van der Waals surface area contributed by atoms with Gasteiger partial charge >= 0.3 is 6.36 Å². The van der Waals surface area contributed by atoms with Crippen molar-refractivity contribution in [2.45, 2.75) is 6.36 Å². The lowest BCUT2D eigenvalue weighted by molar-refractivity contribution is -0.274. The highest BCUT2D eigenvalue weighted by Crippen LogP contribution is 2.29. The van der Waals surface area contributed by atoms with Crippen molar-refractivity contribution in [3.05, 3.63) is 42.1 Å². The Morgan fingerprint density at radius 1 is 1.25 bits per heavy atom. The Morgan fingerprint density at radius 3 is 2.60 bits per heavy atom. The molecule has 0 aliphatic rings. The van der Waals surface area contributed by atoms with Crippen LogP contribution in [0.1, 0.15) is 5.56 Å². The Hall–Kier alpha value is -2.75. The van der Waals surface area contributed by atoms with Crippen LogP contribution in [0.5, 0.6) is 5.75 Å². The number of alkyl halides is 3. The highest BCUT2D eigenvalue weighted by Gasteiger charge is 2.31. The number of rotatable bonds is 2. The molecule has 0 amide bonds. The summed E-state index contributed by atoms with van der Waals surface area (Å²) in [4.78, 5) is 3.97. The lowest BCUT2D eigenvalue weighted by Crippen LogP contribution is -2.17. The number of benzene rings is 1. The molecule has 0 spiro atoms. The number of nitrogens with zero attached hydrogens (tertiary/aromatic N) is 2. The number of anilines is 1. The predicted octanol–water partition coefficient (Wildman–Crippen LogP) is 3.10. The number of halogens is 3. The molecule has 102 valence electrons. The maximum Gasteiger partial charge on any atom is 0.573 e. The van der Waals surface area contributed by atoms with Gasteiger partial charge in [0, 0.05) is 11.8 Å². The molecular formula is C13H8F3N3O. The third kappa shape index (κ3) is 3.17. The first-order valence-electron chi connectivity index (χ1n) is 5.41. The smallest absolute Gasteiger partial charge is 0.406 e. The van der Waals surface area contributed by atoms with E-state index in [2.05, 4.69) is 9.72 Å². The summed E-state index contributed by atoms with van der Waals surface area (Å²) in [5.41, 5.74) is 6.86. The maximum absolute atomic E-state index is 12.2. The van der Waals surface area contributed by atoms with Gasteiger partial charge in [-0.3, -0.25) is 4.98 Å². The first-order chi connectivity index (χ1) is 9.39. The summed E-state index contributed by atoms with van der Waals surface area (Å²) in [6.07, 6.45) is -3.47. The monoisotopic (exact) mass is 279 g/mol. The highest BCUT2D eigenvalue weighted by atomic mass is 19.4. The minimum absolute atomic E-state index is 0.202. The van der Waals surface area contributed by atoms with E-state index in [-0.39, 0.29) is 22.7 Å². The number of aromatic nitrogens is 1. The minimum atomic E-state index is -4.76. The van der Waals surface area contributed by atoms with Crippen molar-refractivity contribution in [1.29, 1.82) is 5.26 Å². The molecule has 0 unspecified atom stereocenters. The molecule has 0 aliphatic heterocycles. The van der Waals surface area contributed by atoms with E-state index >= 15 is 0 Å². The molecule has 0 saturated carbocycles. The number of hydrogen-bond donors (Lipinski definition) is 1. The van der Waals surface area contributed by atoms with Crippen molar-refractivity contribution in [3.63, 3.8) is 0 Å². The average molecular weight is 279 g/mol. The van der Waals surface area contributed by atoms with Crippen LogP contribution in [0.15, 0.2) is 36.5 Å². The summed E-state index contributed by atoms with van der Waals surface area (Å²) in [5.74, 6) is -0.361. The van der Waals surface area contributed by atoms with E-state index in [1.54, 1.807) is 6.07 Å². The van der Waals surface area contributed by atoms with E-state index < -0.39 is 6.36 Å². The maximum atomic E-state index is 12.2. The molecule has 2 rings (SSSR count). The highest BCUT2D eigenvalue weighted by molar-refractivity contribution is 5.74. The van der Waals surface area contributed by atoms with Gasteiger partial charge in [-0.1, -0.05) is 12.1 Å². The largest absolute Gasteiger partial charge is 0.573 e. The molecule has 20 heavy (non-hydrogen) atoms. The molecule has 1 heterocycles. The van der Waals surface area contributed by atoms with Crippen LogP contribution in [0.3, 0.4) is 0 Å². The van der Waals surface area contributed by atoms with Crippen LogP contribution in [-0.4, -0.2) is 11.3 Å². The fourth-order valence-electron chi connectivity index (χ4n) is 1.62. The molecule has 0 bridgehead atoms. The van der Waals surface area contributed by atoms with E-state index in [0.717, 1.165) is 0 Å². The van der Waals surface area contributed by atoms with Crippen molar-refractivity contribution in [3.8, 4) is 23.1 Å². The number of nitrogens with two attached hydrogens (primary N) is 1. The lowest BCUT2D eigenvalue weighted by atomic mass is 10.1. The second-order valence-corrected chi connectivity index (χ2v) is 3.85. The fraction of sp³-hybridized carbons (Fsp3) is 0.0769. The van der Waals surface area contributed by atoms with E-state index in [1.165, 1.54) is 30.5 Å². The standard InChI is InChI=1S/C13H8F3N3O/c14-13(15,16)20-10-3-1-2-9(5-10)12-11(18)4-8(6-17)7-19-12/h1-5,7H,18H2. The zero-order valence-corrected chi connectivity index (χ0v) is 9.98. The Morgan fingerprint density at radius 2 is 2.00 bits per heavy atom. The van der Waals surface area contributed by atoms with Crippen LogP contribution in [0.25, 0.3) is 11.3 Å². The Bertz CT molecular complexity index is 677. The molecular weight excluding hydrogens is 271 g/mol. The van der Waals surface area contributed by atoms with Gasteiger partial charge in [-0.15, -0.1) is 13.2 Å². The van der Waals surface area contributed by atoms with Crippen molar-refractivity contribution in [2.75, 3.05) is 5.73 Å². The zero-order chi connectivity index (χ0) is 14.8. The van der Waals surface area contributed by atoms with Gasteiger partial charge in [-0.25, -0.2) is 0 Å². The van der Waals surface area contributed by atoms with Crippen molar-refractivity contribution in [1.82, 2.24) is 4.98 Å². The van der Waals surface area contributed by atoms with Gasteiger partial charge in [0.15, 0.2) is 0 Å². The molecule has 0 atom stereocenters. The zero-order valence-electron chi connectivity index (χ0n) is 9.98. The molecule has 1 aromatic carbocycles. The van der Waals surface area contributed by atoms with Gasteiger partial charge in [0.2, 0.25) is 0 Å². The van der Waals surface area contributed by atoms with E-state index in [4.69, 9.17) is 11.0 Å². The minimum Gasteiger partial charge on any atom is -0.406 e. The van der Waals surface area contributed by atoms with Gasteiger partial charge in [0.25, 0.3) is 0 Å². The predicted molar refractivity (Wildman–Crippen MR) is 65.5 cm³/mol. The first kappa shape index (κ1) is 13.7. The summed E-state index contributed by atoms with van der Waals surface area (Å²) in [6.45, 7) is 0. The van der Waals surface area contributed by atoms with Gasteiger partial charge < -0.3 is 10.5 Å².